The van der Waals surface area contributed by atoms with Crippen LogP contribution in [0.25, 0.3) is 6.08 Å². The van der Waals surface area contributed by atoms with Gasteiger partial charge in [-0.25, -0.2) is 0 Å². The van der Waals surface area contributed by atoms with E-state index in [4.69, 9.17) is 26.4 Å². The van der Waals surface area contributed by atoms with Gasteiger partial charge in [0.1, 0.15) is 5.75 Å². The highest BCUT2D eigenvalue weighted by Gasteiger charge is 2.05. The van der Waals surface area contributed by atoms with Gasteiger partial charge in [-0.15, -0.1) is 0 Å². The Kier molecular flexibility index (Phi) is 8.48. The first-order valence-corrected chi connectivity index (χ1v) is 9.57. The zero-order valence-electron chi connectivity index (χ0n) is 17.0. The van der Waals surface area contributed by atoms with Crippen LogP contribution in [0, 0.1) is 5.92 Å². The predicted octanol–water partition coefficient (Wildman–Crippen LogP) is 4.27. The van der Waals surface area contributed by atoms with Crippen molar-refractivity contribution in [3.05, 3.63) is 54.1 Å². The van der Waals surface area contributed by atoms with Crippen molar-refractivity contribution in [1.82, 2.24) is 5.32 Å². The Hall–Kier alpha value is -3.06. The number of thiocarbonyl (C=S) groups is 1. The summed E-state index contributed by atoms with van der Waals surface area (Å²) in [7, 11) is 3.13. The molecule has 2 rings (SSSR count). The maximum absolute atomic E-state index is 12.1. The second-order valence-electron chi connectivity index (χ2n) is 6.62. The molecule has 0 fully saturated rings. The van der Waals surface area contributed by atoms with Crippen molar-refractivity contribution in [2.45, 2.75) is 13.8 Å². The average Bonchev–Trinajstić information content (AvgIpc) is 2.71. The Bertz CT molecular complexity index is 864. The van der Waals surface area contributed by atoms with E-state index < -0.39 is 0 Å². The van der Waals surface area contributed by atoms with Crippen LogP contribution < -0.4 is 24.8 Å². The molecule has 0 heterocycles. The zero-order chi connectivity index (χ0) is 21.2. The van der Waals surface area contributed by atoms with Crippen LogP contribution in [0.2, 0.25) is 0 Å². The number of hydrogen-bond donors (Lipinski definition) is 2. The molecule has 0 bridgehead atoms. The van der Waals surface area contributed by atoms with Crippen LogP contribution in [0.3, 0.4) is 0 Å². The Morgan fingerprint density at radius 3 is 2.38 bits per heavy atom. The van der Waals surface area contributed by atoms with E-state index in [0.717, 1.165) is 17.0 Å². The first-order chi connectivity index (χ1) is 13.9. The van der Waals surface area contributed by atoms with Crippen LogP contribution in [0.5, 0.6) is 17.2 Å². The van der Waals surface area contributed by atoms with E-state index in [1.54, 1.807) is 32.4 Å². The van der Waals surface area contributed by atoms with Crippen molar-refractivity contribution in [1.29, 1.82) is 0 Å². The molecule has 2 N–H and O–H groups in total. The van der Waals surface area contributed by atoms with Crippen LogP contribution in [-0.4, -0.2) is 31.8 Å². The van der Waals surface area contributed by atoms with Crippen LogP contribution in [0.1, 0.15) is 19.4 Å². The molecule has 6 nitrogen and oxygen atoms in total. The molecular formula is C22H26N2O4S. The molecule has 7 heteroatoms. The lowest BCUT2D eigenvalue weighted by atomic mass is 10.2. The molecular weight excluding hydrogens is 388 g/mol. The molecule has 2 aromatic carbocycles. The highest BCUT2D eigenvalue weighted by molar-refractivity contribution is 7.80. The summed E-state index contributed by atoms with van der Waals surface area (Å²) in [5, 5.41) is 5.79. The van der Waals surface area contributed by atoms with E-state index in [9.17, 15) is 4.79 Å². The molecule has 154 valence electrons. The molecule has 0 aromatic heterocycles. The third-order valence-electron chi connectivity index (χ3n) is 3.77. The number of nitrogens with one attached hydrogen (secondary N) is 2. The van der Waals surface area contributed by atoms with Gasteiger partial charge in [0.2, 0.25) is 5.91 Å². The van der Waals surface area contributed by atoms with Crippen molar-refractivity contribution in [2.24, 2.45) is 5.92 Å². The quantitative estimate of drug-likeness (QED) is 0.497. The normalized spacial score (nSPS) is 10.7. The molecule has 0 aliphatic heterocycles. The van der Waals surface area contributed by atoms with Crippen LogP contribution in [-0.2, 0) is 4.79 Å². The van der Waals surface area contributed by atoms with Gasteiger partial charge in [0.15, 0.2) is 16.6 Å². The Balaban J connectivity index is 1.87. The van der Waals surface area contributed by atoms with E-state index in [0.29, 0.717) is 24.0 Å². The van der Waals surface area contributed by atoms with Crippen LogP contribution in [0.15, 0.2) is 48.5 Å². The summed E-state index contributed by atoms with van der Waals surface area (Å²) in [5.74, 6) is 2.13. The predicted molar refractivity (Wildman–Crippen MR) is 120 cm³/mol. The zero-order valence-corrected chi connectivity index (χ0v) is 17.8. The molecule has 0 aliphatic carbocycles. The lowest BCUT2D eigenvalue weighted by Crippen LogP contribution is -2.32. The number of rotatable bonds is 8. The molecule has 0 radical (unpaired) electrons. The van der Waals surface area contributed by atoms with Crippen molar-refractivity contribution in [2.75, 3.05) is 26.1 Å². The fourth-order valence-corrected chi connectivity index (χ4v) is 2.56. The number of carbonyl (C=O) groups is 1. The number of carbonyl (C=O) groups excluding carboxylic acids is 1. The summed E-state index contributed by atoms with van der Waals surface area (Å²) >= 11 is 5.19. The molecule has 0 saturated heterocycles. The monoisotopic (exact) mass is 414 g/mol. The van der Waals surface area contributed by atoms with Crippen molar-refractivity contribution >= 4 is 35.0 Å². The molecule has 0 unspecified atom stereocenters. The van der Waals surface area contributed by atoms with Crippen LogP contribution in [0.4, 0.5) is 5.69 Å². The second kappa shape index (κ2) is 11.1. The minimum absolute atomic E-state index is 0.211. The summed E-state index contributed by atoms with van der Waals surface area (Å²) < 4.78 is 16.1. The minimum Gasteiger partial charge on any atom is -0.493 e. The van der Waals surface area contributed by atoms with Gasteiger partial charge in [0.05, 0.1) is 20.8 Å². The molecule has 0 saturated carbocycles. The van der Waals surface area contributed by atoms with E-state index in [2.05, 4.69) is 24.5 Å². The van der Waals surface area contributed by atoms with Crippen molar-refractivity contribution < 1.29 is 19.0 Å². The number of anilines is 1. The Morgan fingerprint density at radius 1 is 1.07 bits per heavy atom. The molecule has 2 aromatic rings. The fourth-order valence-electron chi connectivity index (χ4n) is 2.34. The van der Waals surface area contributed by atoms with Gasteiger partial charge in [-0.1, -0.05) is 19.9 Å². The van der Waals surface area contributed by atoms with Gasteiger partial charge in [-0.3, -0.25) is 10.1 Å². The topological polar surface area (TPSA) is 68.8 Å². The van der Waals surface area contributed by atoms with Gasteiger partial charge in [0, 0.05) is 11.8 Å². The third-order valence-corrected chi connectivity index (χ3v) is 3.97. The van der Waals surface area contributed by atoms with Crippen molar-refractivity contribution in [3.8, 4) is 17.2 Å². The average molecular weight is 415 g/mol. The van der Waals surface area contributed by atoms with E-state index in [-0.39, 0.29) is 11.0 Å². The lowest BCUT2D eigenvalue weighted by molar-refractivity contribution is -0.115. The highest BCUT2D eigenvalue weighted by Crippen LogP contribution is 2.27. The van der Waals surface area contributed by atoms with Gasteiger partial charge >= 0.3 is 0 Å². The summed E-state index contributed by atoms with van der Waals surface area (Å²) in [6, 6.07) is 12.8. The van der Waals surface area contributed by atoms with Crippen LogP contribution >= 0.6 is 12.2 Å². The maximum atomic E-state index is 12.1. The fraction of sp³-hybridized carbons (Fsp3) is 0.273. The third kappa shape index (κ3) is 7.46. The largest absolute Gasteiger partial charge is 0.493 e. The van der Waals surface area contributed by atoms with Crippen molar-refractivity contribution in [3.63, 3.8) is 0 Å². The summed E-state index contributed by atoms with van der Waals surface area (Å²) in [5.41, 5.74) is 1.56. The number of hydrogen-bond acceptors (Lipinski definition) is 5. The van der Waals surface area contributed by atoms with Gasteiger partial charge in [0.25, 0.3) is 0 Å². The summed E-state index contributed by atoms with van der Waals surface area (Å²) in [6.07, 6.45) is 3.07. The van der Waals surface area contributed by atoms with Gasteiger partial charge in [-0.2, -0.15) is 0 Å². The maximum Gasteiger partial charge on any atom is 0.250 e. The highest BCUT2D eigenvalue weighted by atomic mass is 32.1. The molecule has 0 spiro atoms. The SMILES string of the molecule is COc1ccc(C=CC(=O)NC(=S)Nc2ccc(OCC(C)C)cc2)cc1OC. The molecule has 29 heavy (non-hydrogen) atoms. The van der Waals surface area contributed by atoms with Gasteiger partial charge < -0.3 is 19.5 Å². The first-order valence-electron chi connectivity index (χ1n) is 9.16. The molecule has 1 amide bonds. The minimum atomic E-state index is -0.339. The second-order valence-corrected chi connectivity index (χ2v) is 7.03. The summed E-state index contributed by atoms with van der Waals surface area (Å²) in [6.45, 7) is 4.85. The number of ether oxygens (including phenoxy) is 3. The first kappa shape index (κ1) is 22.2. The van der Waals surface area contributed by atoms with E-state index >= 15 is 0 Å². The number of amides is 1. The Morgan fingerprint density at radius 2 is 1.76 bits per heavy atom. The van der Waals surface area contributed by atoms with E-state index in [1.807, 2.05) is 30.3 Å². The molecule has 0 aliphatic rings. The number of benzene rings is 2. The van der Waals surface area contributed by atoms with Gasteiger partial charge in [-0.05, 0) is 66.2 Å². The summed E-state index contributed by atoms with van der Waals surface area (Å²) in [4.78, 5) is 12.1. The standard InChI is InChI=1S/C22H26N2O4S/c1-15(2)14-28-18-9-7-17(8-10-18)23-22(29)24-21(25)12-6-16-5-11-19(26-3)20(13-16)27-4/h5-13,15H,14H2,1-4H3,(H2,23,24,25,29). The lowest BCUT2D eigenvalue weighted by Gasteiger charge is -2.11. The number of methoxy groups -OCH3 is 2. The Labute approximate surface area is 176 Å². The smallest absolute Gasteiger partial charge is 0.250 e. The van der Waals surface area contributed by atoms with E-state index in [1.165, 1.54) is 6.08 Å². The molecule has 0 atom stereocenters.